The first kappa shape index (κ1) is 16.0. The summed E-state index contributed by atoms with van der Waals surface area (Å²) in [5.74, 6) is -1.50. The van der Waals surface area contributed by atoms with Crippen molar-refractivity contribution < 1.29 is 19.5 Å². The molecule has 2 fully saturated rings. The van der Waals surface area contributed by atoms with E-state index >= 15 is 0 Å². The predicted octanol–water partition coefficient (Wildman–Crippen LogP) is 0.582. The van der Waals surface area contributed by atoms with Gasteiger partial charge in [0.1, 0.15) is 5.54 Å². The standard InChI is InChI=1S/C17H19N3O4/c21-14(6-7-15(22)23)19-10-8-17(9-11-19)16(24)18-12-20(17)13-4-2-1-3-5-13/h1-7H,8-12H2,(H,18,24)(H,22,23)/b7-6-. The van der Waals surface area contributed by atoms with Crippen molar-refractivity contribution in [3.8, 4) is 0 Å². The van der Waals surface area contributed by atoms with Gasteiger partial charge in [0.15, 0.2) is 0 Å². The maximum atomic E-state index is 12.5. The Morgan fingerprint density at radius 2 is 1.79 bits per heavy atom. The zero-order valence-electron chi connectivity index (χ0n) is 13.1. The zero-order chi connectivity index (χ0) is 17.2. The fraction of sp³-hybridized carbons (Fsp3) is 0.353. The highest BCUT2D eigenvalue weighted by molar-refractivity contribution is 5.95. The van der Waals surface area contributed by atoms with E-state index in [0.29, 0.717) is 32.6 Å². The molecule has 0 aromatic heterocycles. The van der Waals surface area contributed by atoms with Gasteiger partial charge >= 0.3 is 5.97 Å². The topological polar surface area (TPSA) is 90.0 Å². The number of nitrogens with zero attached hydrogens (tertiary/aromatic N) is 2. The highest BCUT2D eigenvalue weighted by atomic mass is 16.4. The number of likely N-dealkylation sites (tertiary alicyclic amines) is 1. The fourth-order valence-electron chi connectivity index (χ4n) is 3.38. The molecule has 24 heavy (non-hydrogen) atoms. The molecule has 0 aliphatic carbocycles. The number of hydrogen-bond acceptors (Lipinski definition) is 4. The third-order valence-electron chi connectivity index (χ3n) is 4.68. The van der Waals surface area contributed by atoms with E-state index < -0.39 is 11.5 Å². The molecule has 0 radical (unpaired) electrons. The van der Waals surface area contributed by atoms with Gasteiger partial charge in [-0.3, -0.25) is 9.59 Å². The molecule has 1 aromatic rings. The summed E-state index contributed by atoms with van der Waals surface area (Å²) >= 11 is 0. The first-order chi connectivity index (χ1) is 11.5. The first-order valence-corrected chi connectivity index (χ1v) is 7.84. The van der Waals surface area contributed by atoms with E-state index in [1.54, 1.807) is 4.90 Å². The van der Waals surface area contributed by atoms with Gasteiger partial charge in [-0.15, -0.1) is 0 Å². The Morgan fingerprint density at radius 1 is 1.12 bits per heavy atom. The largest absolute Gasteiger partial charge is 0.478 e. The highest BCUT2D eigenvalue weighted by Gasteiger charge is 2.50. The lowest BCUT2D eigenvalue weighted by Crippen LogP contribution is -2.57. The molecule has 7 nitrogen and oxygen atoms in total. The van der Waals surface area contributed by atoms with Gasteiger partial charge in [-0.05, 0) is 25.0 Å². The first-order valence-electron chi connectivity index (χ1n) is 7.84. The molecular weight excluding hydrogens is 310 g/mol. The predicted molar refractivity (Wildman–Crippen MR) is 87.3 cm³/mol. The quantitative estimate of drug-likeness (QED) is 0.792. The second kappa shape index (κ2) is 6.35. The molecule has 2 heterocycles. The van der Waals surface area contributed by atoms with Crippen LogP contribution in [0.25, 0.3) is 0 Å². The molecule has 0 unspecified atom stereocenters. The number of aliphatic carboxylic acids is 1. The average molecular weight is 329 g/mol. The molecule has 0 atom stereocenters. The maximum absolute atomic E-state index is 12.5. The number of carboxylic acids is 1. The van der Waals surface area contributed by atoms with Crippen LogP contribution >= 0.6 is 0 Å². The van der Waals surface area contributed by atoms with Crippen LogP contribution in [0.1, 0.15) is 12.8 Å². The van der Waals surface area contributed by atoms with E-state index in [2.05, 4.69) is 10.2 Å². The van der Waals surface area contributed by atoms with E-state index in [-0.39, 0.29) is 11.8 Å². The van der Waals surface area contributed by atoms with Crippen LogP contribution in [-0.2, 0) is 14.4 Å². The summed E-state index contributed by atoms with van der Waals surface area (Å²) in [6.07, 6.45) is 2.93. The highest BCUT2D eigenvalue weighted by Crippen LogP contribution is 2.36. The van der Waals surface area contributed by atoms with Crippen LogP contribution in [0, 0.1) is 0 Å². The number of carbonyl (C=O) groups is 3. The summed E-state index contributed by atoms with van der Waals surface area (Å²) in [4.78, 5) is 38.6. The summed E-state index contributed by atoms with van der Waals surface area (Å²) < 4.78 is 0. The van der Waals surface area contributed by atoms with Crippen molar-refractivity contribution in [2.75, 3.05) is 24.7 Å². The van der Waals surface area contributed by atoms with Gasteiger partial charge in [-0.1, -0.05) is 18.2 Å². The van der Waals surface area contributed by atoms with Crippen molar-refractivity contribution in [2.45, 2.75) is 18.4 Å². The minimum absolute atomic E-state index is 0.0143. The number of amides is 2. The van der Waals surface area contributed by atoms with E-state index in [9.17, 15) is 14.4 Å². The number of carboxylic acid groups (broad SMARTS) is 1. The number of hydrogen-bond donors (Lipinski definition) is 2. The van der Waals surface area contributed by atoms with Crippen molar-refractivity contribution in [1.29, 1.82) is 0 Å². The van der Waals surface area contributed by atoms with E-state index in [1.807, 2.05) is 30.3 Å². The van der Waals surface area contributed by atoms with Crippen molar-refractivity contribution in [3.05, 3.63) is 42.5 Å². The normalized spacial score (nSPS) is 19.8. The Labute approximate surface area is 139 Å². The minimum Gasteiger partial charge on any atom is -0.478 e. The lowest BCUT2D eigenvalue weighted by Gasteiger charge is -2.43. The van der Waals surface area contributed by atoms with Crippen molar-refractivity contribution in [3.63, 3.8) is 0 Å². The molecule has 7 heteroatoms. The van der Waals surface area contributed by atoms with Crippen LogP contribution in [0.15, 0.2) is 42.5 Å². The third-order valence-corrected chi connectivity index (χ3v) is 4.68. The second-order valence-electron chi connectivity index (χ2n) is 5.96. The Kier molecular flexibility index (Phi) is 4.24. The molecule has 2 N–H and O–H groups in total. The van der Waals surface area contributed by atoms with Crippen molar-refractivity contribution >= 4 is 23.5 Å². The fourth-order valence-corrected chi connectivity index (χ4v) is 3.38. The Morgan fingerprint density at radius 3 is 2.42 bits per heavy atom. The van der Waals surface area contributed by atoms with Crippen LogP contribution in [0.5, 0.6) is 0 Å². The minimum atomic E-state index is -1.15. The SMILES string of the molecule is O=C(O)/C=C\C(=O)N1CCC2(CC1)C(=O)NCN2c1ccccc1. The molecule has 3 rings (SSSR count). The molecular formula is C17H19N3O4. The lowest BCUT2D eigenvalue weighted by molar-refractivity contribution is -0.133. The maximum Gasteiger partial charge on any atom is 0.328 e. The zero-order valence-corrected chi connectivity index (χ0v) is 13.1. The molecule has 2 aliphatic heterocycles. The number of rotatable bonds is 3. The van der Waals surface area contributed by atoms with Gasteiger partial charge in [-0.2, -0.15) is 0 Å². The molecule has 1 aromatic carbocycles. The van der Waals surface area contributed by atoms with E-state index in [4.69, 9.17) is 5.11 Å². The van der Waals surface area contributed by atoms with E-state index in [0.717, 1.165) is 17.8 Å². The van der Waals surface area contributed by atoms with Gasteiger partial charge in [0, 0.05) is 30.9 Å². The number of anilines is 1. The average Bonchev–Trinajstić information content (AvgIpc) is 2.90. The number of carbonyl (C=O) groups excluding carboxylic acids is 2. The smallest absolute Gasteiger partial charge is 0.328 e. The Bertz CT molecular complexity index is 678. The summed E-state index contributed by atoms with van der Waals surface area (Å²) in [6, 6.07) is 9.73. The third kappa shape index (κ3) is 2.84. The molecule has 126 valence electrons. The Balaban J connectivity index is 1.74. The number of para-hydroxylation sites is 1. The summed E-state index contributed by atoms with van der Waals surface area (Å²) in [6.45, 7) is 1.29. The van der Waals surface area contributed by atoms with Crippen LogP contribution in [-0.4, -0.2) is 53.1 Å². The van der Waals surface area contributed by atoms with Gasteiger partial charge in [0.05, 0.1) is 6.67 Å². The molecule has 0 bridgehead atoms. The lowest BCUT2D eigenvalue weighted by atomic mass is 9.85. The van der Waals surface area contributed by atoms with Crippen LogP contribution in [0.4, 0.5) is 5.69 Å². The summed E-state index contributed by atoms with van der Waals surface area (Å²) in [5, 5.41) is 11.5. The molecule has 2 amide bonds. The van der Waals surface area contributed by atoms with Crippen LogP contribution in [0.3, 0.4) is 0 Å². The summed E-state index contributed by atoms with van der Waals surface area (Å²) in [5.41, 5.74) is 0.329. The van der Waals surface area contributed by atoms with E-state index in [1.165, 1.54) is 0 Å². The van der Waals surface area contributed by atoms with Crippen LogP contribution < -0.4 is 10.2 Å². The van der Waals surface area contributed by atoms with Gasteiger partial charge < -0.3 is 20.2 Å². The van der Waals surface area contributed by atoms with Gasteiger partial charge in [-0.25, -0.2) is 4.79 Å². The number of nitrogens with one attached hydrogen (secondary N) is 1. The number of piperidine rings is 1. The molecule has 2 saturated heterocycles. The van der Waals surface area contributed by atoms with Crippen LogP contribution in [0.2, 0.25) is 0 Å². The Hall–Kier alpha value is -2.83. The van der Waals surface area contributed by atoms with Gasteiger partial charge in [0.2, 0.25) is 11.8 Å². The monoisotopic (exact) mass is 329 g/mol. The number of benzene rings is 1. The second-order valence-corrected chi connectivity index (χ2v) is 5.96. The van der Waals surface area contributed by atoms with Crippen molar-refractivity contribution in [1.82, 2.24) is 10.2 Å². The molecule has 1 spiro atoms. The van der Waals surface area contributed by atoms with Crippen molar-refractivity contribution in [2.24, 2.45) is 0 Å². The summed E-state index contributed by atoms with van der Waals surface area (Å²) in [7, 11) is 0. The molecule has 2 aliphatic rings. The molecule has 0 saturated carbocycles. The van der Waals surface area contributed by atoms with Gasteiger partial charge in [0.25, 0.3) is 0 Å².